The minimum atomic E-state index is 0.0813. The van der Waals surface area contributed by atoms with E-state index in [0.717, 1.165) is 28.3 Å². The van der Waals surface area contributed by atoms with E-state index in [9.17, 15) is 4.79 Å². The van der Waals surface area contributed by atoms with Crippen molar-refractivity contribution in [2.45, 2.75) is 20.3 Å². The van der Waals surface area contributed by atoms with Crippen LogP contribution in [0.3, 0.4) is 0 Å². The van der Waals surface area contributed by atoms with Crippen molar-refractivity contribution in [1.82, 2.24) is 4.98 Å². The Labute approximate surface area is 153 Å². The van der Waals surface area contributed by atoms with Gasteiger partial charge in [0.1, 0.15) is 5.82 Å². The van der Waals surface area contributed by atoms with Gasteiger partial charge in [0.25, 0.3) is 0 Å². The van der Waals surface area contributed by atoms with Gasteiger partial charge in [-0.1, -0.05) is 43.8 Å². The van der Waals surface area contributed by atoms with Gasteiger partial charge in [0.2, 0.25) is 5.91 Å². The molecule has 130 valence electrons. The number of fused-ring (bicyclic) bond motifs is 1. The summed E-state index contributed by atoms with van der Waals surface area (Å²) in [4.78, 5) is 16.5. The second kappa shape index (κ2) is 6.41. The number of hydrogen-bond acceptors (Lipinski definition) is 2. The molecular formula is C23H22N2O. The number of nitrogens with one attached hydrogen (secondary N) is 1. The van der Waals surface area contributed by atoms with Crippen LogP contribution in [-0.2, 0) is 4.79 Å². The van der Waals surface area contributed by atoms with Gasteiger partial charge in [-0.2, -0.15) is 0 Å². The first kappa shape index (κ1) is 16.5. The van der Waals surface area contributed by atoms with Gasteiger partial charge in [-0.05, 0) is 65.1 Å². The molecule has 1 N–H and O–H groups in total. The molecule has 4 rings (SSSR count). The Kier molecular flexibility index (Phi) is 4.08. The standard InChI is InChI=1S/C23H22N2O/c1-4-16-6-5-14(2)20(10-16)18-8-7-17-12-22(24-13-19(17)11-18)25-23(26)21-9-15(21)3/h4-8,10-13,15,21H,1,9H2,2-3H3,(H,24,25,26). The van der Waals surface area contributed by atoms with Crippen molar-refractivity contribution in [3.8, 4) is 11.1 Å². The van der Waals surface area contributed by atoms with E-state index >= 15 is 0 Å². The summed E-state index contributed by atoms with van der Waals surface area (Å²) in [5, 5.41) is 5.06. The van der Waals surface area contributed by atoms with E-state index in [-0.39, 0.29) is 11.8 Å². The predicted molar refractivity (Wildman–Crippen MR) is 108 cm³/mol. The van der Waals surface area contributed by atoms with Gasteiger partial charge >= 0.3 is 0 Å². The molecule has 1 aromatic heterocycles. The highest BCUT2D eigenvalue weighted by molar-refractivity contribution is 5.96. The molecule has 3 aromatic rings. The highest BCUT2D eigenvalue weighted by Crippen LogP contribution is 2.38. The molecule has 1 aliphatic carbocycles. The highest BCUT2D eigenvalue weighted by Gasteiger charge is 2.39. The quantitative estimate of drug-likeness (QED) is 0.685. The van der Waals surface area contributed by atoms with Gasteiger partial charge in [-0.25, -0.2) is 4.98 Å². The summed E-state index contributed by atoms with van der Waals surface area (Å²) in [7, 11) is 0. The maximum Gasteiger partial charge on any atom is 0.228 e. The summed E-state index contributed by atoms with van der Waals surface area (Å²) >= 11 is 0. The second-order valence-electron chi connectivity index (χ2n) is 7.22. The number of anilines is 1. The first-order valence-electron chi connectivity index (χ1n) is 8.99. The Hall–Kier alpha value is -2.94. The van der Waals surface area contributed by atoms with Crippen molar-refractivity contribution >= 4 is 28.6 Å². The molecule has 1 amide bonds. The van der Waals surface area contributed by atoms with Gasteiger partial charge in [-0.3, -0.25) is 4.79 Å². The lowest BCUT2D eigenvalue weighted by molar-refractivity contribution is -0.117. The average molecular weight is 342 g/mol. The topological polar surface area (TPSA) is 42.0 Å². The van der Waals surface area contributed by atoms with Crippen molar-refractivity contribution in [2.75, 3.05) is 5.32 Å². The van der Waals surface area contributed by atoms with E-state index < -0.39 is 0 Å². The zero-order valence-electron chi connectivity index (χ0n) is 15.1. The first-order chi connectivity index (χ1) is 12.5. The monoisotopic (exact) mass is 342 g/mol. The molecule has 0 bridgehead atoms. The highest BCUT2D eigenvalue weighted by atomic mass is 16.2. The largest absolute Gasteiger partial charge is 0.310 e. The smallest absolute Gasteiger partial charge is 0.228 e. The number of aryl methyl sites for hydroxylation is 1. The molecule has 1 heterocycles. The molecule has 0 saturated heterocycles. The summed E-state index contributed by atoms with van der Waals surface area (Å²) < 4.78 is 0. The van der Waals surface area contributed by atoms with Crippen LogP contribution in [0.25, 0.3) is 28.0 Å². The molecule has 2 unspecified atom stereocenters. The zero-order valence-corrected chi connectivity index (χ0v) is 15.1. The molecule has 1 saturated carbocycles. The van der Waals surface area contributed by atoms with E-state index in [4.69, 9.17) is 0 Å². The predicted octanol–water partition coefficient (Wildman–Crippen LogP) is 5.45. The third-order valence-electron chi connectivity index (χ3n) is 5.23. The second-order valence-corrected chi connectivity index (χ2v) is 7.22. The first-order valence-corrected chi connectivity index (χ1v) is 8.99. The van der Waals surface area contributed by atoms with Crippen LogP contribution in [0, 0.1) is 18.8 Å². The maximum atomic E-state index is 12.1. The lowest BCUT2D eigenvalue weighted by Gasteiger charge is -2.10. The summed E-state index contributed by atoms with van der Waals surface area (Å²) in [5.41, 5.74) is 4.69. The maximum absolute atomic E-state index is 12.1. The molecule has 0 aliphatic heterocycles. The number of carbonyl (C=O) groups is 1. The molecule has 26 heavy (non-hydrogen) atoms. The zero-order chi connectivity index (χ0) is 18.3. The number of hydrogen-bond donors (Lipinski definition) is 1. The van der Waals surface area contributed by atoms with E-state index in [1.165, 1.54) is 11.1 Å². The van der Waals surface area contributed by atoms with Crippen molar-refractivity contribution < 1.29 is 4.79 Å². The Morgan fingerprint density at radius 2 is 2.00 bits per heavy atom. The van der Waals surface area contributed by atoms with Gasteiger partial charge in [-0.15, -0.1) is 0 Å². The third-order valence-corrected chi connectivity index (χ3v) is 5.23. The van der Waals surface area contributed by atoms with Crippen molar-refractivity contribution in [3.63, 3.8) is 0 Å². The Morgan fingerprint density at radius 1 is 1.19 bits per heavy atom. The van der Waals surface area contributed by atoms with Crippen LogP contribution in [0.15, 0.2) is 55.2 Å². The van der Waals surface area contributed by atoms with Crippen LogP contribution < -0.4 is 5.32 Å². The molecule has 2 atom stereocenters. The summed E-state index contributed by atoms with van der Waals surface area (Å²) in [6, 6.07) is 14.6. The number of benzene rings is 2. The Morgan fingerprint density at radius 3 is 2.73 bits per heavy atom. The van der Waals surface area contributed by atoms with Crippen LogP contribution in [0.5, 0.6) is 0 Å². The number of rotatable bonds is 4. The van der Waals surface area contributed by atoms with Crippen LogP contribution in [0.4, 0.5) is 5.82 Å². The van der Waals surface area contributed by atoms with Crippen LogP contribution in [0.2, 0.25) is 0 Å². The minimum absolute atomic E-state index is 0.0813. The molecule has 3 nitrogen and oxygen atoms in total. The van der Waals surface area contributed by atoms with E-state index in [2.05, 4.69) is 67.1 Å². The van der Waals surface area contributed by atoms with Crippen LogP contribution >= 0.6 is 0 Å². The molecular weight excluding hydrogens is 320 g/mol. The number of pyridine rings is 1. The Bertz CT molecular complexity index is 1020. The molecule has 1 fully saturated rings. The van der Waals surface area contributed by atoms with E-state index in [0.29, 0.717) is 11.7 Å². The molecule has 1 aliphatic rings. The number of nitrogens with zero attached hydrogens (tertiary/aromatic N) is 1. The van der Waals surface area contributed by atoms with Crippen molar-refractivity contribution in [3.05, 3.63) is 66.4 Å². The number of amides is 1. The minimum Gasteiger partial charge on any atom is -0.310 e. The van der Waals surface area contributed by atoms with Gasteiger partial charge in [0, 0.05) is 17.5 Å². The molecule has 0 spiro atoms. The number of carbonyl (C=O) groups excluding carboxylic acids is 1. The third kappa shape index (κ3) is 3.13. The average Bonchev–Trinajstić information content (AvgIpc) is 3.38. The fourth-order valence-corrected chi connectivity index (χ4v) is 3.36. The van der Waals surface area contributed by atoms with E-state index in [1.807, 2.05) is 18.3 Å². The molecule has 0 radical (unpaired) electrons. The van der Waals surface area contributed by atoms with Gasteiger partial charge < -0.3 is 5.32 Å². The summed E-state index contributed by atoms with van der Waals surface area (Å²) in [5.74, 6) is 1.35. The van der Waals surface area contributed by atoms with Crippen LogP contribution in [0.1, 0.15) is 24.5 Å². The normalized spacial score (nSPS) is 18.5. The van der Waals surface area contributed by atoms with Crippen molar-refractivity contribution in [1.29, 1.82) is 0 Å². The lowest BCUT2D eigenvalue weighted by atomic mass is 9.96. The van der Waals surface area contributed by atoms with Gasteiger partial charge in [0.05, 0.1) is 0 Å². The molecule has 3 heteroatoms. The van der Waals surface area contributed by atoms with Crippen molar-refractivity contribution in [2.24, 2.45) is 11.8 Å². The summed E-state index contributed by atoms with van der Waals surface area (Å²) in [6.45, 7) is 8.07. The van der Waals surface area contributed by atoms with Gasteiger partial charge in [0.15, 0.2) is 0 Å². The van der Waals surface area contributed by atoms with Crippen LogP contribution in [-0.4, -0.2) is 10.9 Å². The fourth-order valence-electron chi connectivity index (χ4n) is 3.36. The Balaban J connectivity index is 1.65. The SMILES string of the molecule is C=Cc1ccc(C)c(-c2ccc3cc(NC(=O)C4CC4C)ncc3c2)c1. The van der Waals surface area contributed by atoms with E-state index in [1.54, 1.807) is 0 Å². The molecule has 2 aromatic carbocycles. The fraction of sp³-hybridized carbons (Fsp3) is 0.217. The number of aromatic nitrogens is 1. The summed E-state index contributed by atoms with van der Waals surface area (Å²) in [6.07, 6.45) is 4.67. The lowest BCUT2D eigenvalue weighted by Crippen LogP contribution is -2.15.